The first-order valence-corrected chi connectivity index (χ1v) is 20.3. The van der Waals surface area contributed by atoms with E-state index < -0.39 is 17.4 Å². The maximum Gasteiger partial charge on any atom is -0.147 e. The summed E-state index contributed by atoms with van der Waals surface area (Å²) in [4.78, 5) is 0. The van der Waals surface area contributed by atoms with Crippen molar-refractivity contribution < 1.29 is 17.4 Å². The molecule has 2 atom stereocenters. The van der Waals surface area contributed by atoms with E-state index in [0.717, 1.165) is 0 Å². The fraction of sp³-hybridized carbons (Fsp3) is 0.500. The van der Waals surface area contributed by atoms with Crippen molar-refractivity contribution in [1.82, 2.24) is 0 Å². The molecule has 2 rings (SSSR count). The van der Waals surface area contributed by atoms with Gasteiger partial charge in [0.2, 0.25) is 0 Å². The van der Waals surface area contributed by atoms with Gasteiger partial charge in [-0.1, -0.05) is 0 Å². The van der Waals surface area contributed by atoms with Crippen LogP contribution in [0.4, 0.5) is 0 Å². The summed E-state index contributed by atoms with van der Waals surface area (Å²) in [6.07, 6.45) is 9.47. The van der Waals surface area contributed by atoms with E-state index in [-0.39, 0.29) is 24.8 Å². The topological polar surface area (TPSA) is 0 Å². The Bertz CT molecular complexity index is 542. The van der Waals surface area contributed by atoms with Crippen LogP contribution in [0.1, 0.15) is 27.7 Å². The molecule has 0 bridgehead atoms. The first-order valence-electron chi connectivity index (χ1n) is 7.00. The molecule has 20 heavy (non-hydrogen) atoms. The van der Waals surface area contributed by atoms with Gasteiger partial charge in [-0.05, 0) is 0 Å². The van der Waals surface area contributed by atoms with E-state index in [9.17, 15) is 0 Å². The van der Waals surface area contributed by atoms with Gasteiger partial charge in [-0.15, -0.1) is 24.8 Å². The minimum atomic E-state index is -2.92. The molecule has 0 radical (unpaired) electrons. The fourth-order valence-corrected chi connectivity index (χ4v) is 26.6. The fourth-order valence-electron chi connectivity index (χ4n) is 4.54. The Labute approximate surface area is 139 Å². The Morgan fingerprint density at radius 3 is 1.35 bits per heavy atom. The van der Waals surface area contributed by atoms with Crippen molar-refractivity contribution in [2.45, 2.75) is 37.0 Å². The maximum atomic E-state index is 2.63. The number of halogens is 2. The summed E-state index contributed by atoms with van der Waals surface area (Å²) in [6.45, 7) is 11.7. The zero-order valence-electron chi connectivity index (χ0n) is 13.5. The van der Waals surface area contributed by atoms with Gasteiger partial charge in [0.1, 0.15) is 0 Å². The normalized spacial score (nSPS) is 25.9. The Kier molecular flexibility index (Phi) is 6.61. The van der Waals surface area contributed by atoms with Crippen molar-refractivity contribution in [1.29, 1.82) is 0 Å². The molecule has 4 heteroatoms. The third-order valence-electron chi connectivity index (χ3n) is 4.76. The quantitative estimate of drug-likeness (QED) is 0.554. The van der Waals surface area contributed by atoms with Crippen molar-refractivity contribution in [3.63, 3.8) is 0 Å². The molecule has 0 N–H and O–H groups in total. The smallest absolute Gasteiger partial charge is 0.147 e. The molecule has 2 aliphatic rings. The first kappa shape index (κ1) is 20.6. The van der Waals surface area contributed by atoms with Crippen LogP contribution < -0.4 is 0 Å². The number of hydrogen-bond donors (Lipinski definition) is 0. The van der Waals surface area contributed by atoms with Gasteiger partial charge in [-0.3, -0.25) is 0 Å². The van der Waals surface area contributed by atoms with Gasteiger partial charge in [0, 0.05) is 0 Å². The van der Waals surface area contributed by atoms with Crippen molar-refractivity contribution in [3.05, 3.63) is 42.0 Å². The van der Waals surface area contributed by atoms with Crippen molar-refractivity contribution in [2.24, 2.45) is 11.8 Å². The van der Waals surface area contributed by atoms with Crippen LogP contribution in [0, 0.1) is 11.8 Å². The molecule has 0 aromatic carbocycles. The summed E-state index contributed by atoms with van der Waals surface area (Å²) < 4.78 is 8.87. The Morgan fingerprint density at radius 1 is 0.850 bits per heavy atom. The summed E-state index contributed by atoms with van der Waals surface area (Å²) in [6, 6.07) is 0. The molecule has 0 saturated heterocycles. The molecule has 0 amide bonds. The second-order valence-corrected chi connectivity index (χ2v) is 35.6. The van der Waals surface area contributed by atoms with Gasteiger partial charge in [0.15, 0.2) is 0 Å². The van der Waals surface area contributed by atoms with Crippen LogP contribution in [0.25, 0.3) is 0 Å². The van der Waals surface area contributed by atoms with E-state index in [1.165, 1.54) is 0 Å². The summed E-state index contributed by atoms with van der Waals surface area (Å²) in [5, 5.41) is 0. The Balaban J connectivity index is 0.00000180. The molecule has 0 aliphatic heterocycles. The van der Waals surface area contributed by atoms with E-state index in [1.807, 2.05) is 0 Å². The minimum Gasteiger partial charge on any atom is -0.147 e. The third-order valence-corrected chi connectivity index (χ3v) is 21.9. The zero-order chi connectivity index (χ0) is 13.7. The second kappa shape index (κ2) is 6.41. The van der Waals surface area contributed by atoms with Gasteiger partial charge in [-0.2, -0.15) is 0 Å². The average Bonchev–Trinajstić information content (AvgIpc) is 2.70. The van der Waals surface area contributed by atoms with Gasteiger partial charge in [0.25, 0.3) is 0 Å². The average molecular weight is 411 g/mol. The predicted molar refractivity (Wildman–Crippen MR) is 96.8 cm³/mol. The third kappa shape index (κ3) is 3.19. The second-order valence-electron chi connectivity index (χ2n) is 7.17. The van der Waals surface area contributed by atoms with E-state index in [2.05, 4.69) is 68.1 Å². The standard InChI is InChI=1S/2C7H9.2CH3.2ClH.H2Si.Zr/c2*1-6-3-4-7(2)5-6;;;;;;/h2*3-4,6H,1-2H3;2*1H3;2*1H;1H2;. The number of allylic oxidation sites excluding steroid dienone is 8. The van der Waals surface area contributed by atoms with Crippen LogP contribution in [0.5, 0.6) is 0 Å². The summed E-state index contributed by atoms with van der Waals surface area (Å²) >= 11 is -2.92. The molecule has 0 aromatic rings. The van der Waals surface area contributed by atoms with Crippen LogP contribution in [0.3, 0.4) is 0 Å². The van der Waals surface area contributed by atoms with Crippen LogP contribution in [0.2, 0.25) is 9.26 Å². The van der Waals surface area contributed by atoms with Gasteiger partial charge < -0.3 is 0 Å². The van der Waals surface area contributed by atoms with Crippen LogP contribution >= 0.6 is 24.8 Å². The molecule has 0 spiro atoms. The predicted octanol–water partition coefficient (Wildman–Crippen LogP) is 5.12. The SMILES string of the molecule is CC1=[C]([Zr]([CH3])([CH3])(=[SiH2])[C]2=C(C)C=CC2C)C(C)C=C1.Cl.Cl. The van der Waals surface area contributed by atoms with Gasteiger partial charge in [0.05, 0.1) is 0 Å². The summed E-state index contributed by atoms with van der Waals surface area (Å²) in [7, 11) is 0. The minimum absolute atomic E-state index is 0. The Morgan fingerprint density at radius 2 is 1.15 bits per heavy atom. The molecular formula is C16H28Cl2SiZr. The van der Waals surface area contributed by atoms with Crippen LogP contribution in [-0.2, 0) is 17.4 Å². The maximum absolute atomic E-state index is 2.92. The summed E-state index contributed by atoms with van der Waals surface area (Å²) in [5.41, 5.74) is 3.10. The first-order chi connectivity index (χ1) is 8.13. The Hall–Kier alpha value is 0.640. The molecule has 0 saturated carbocycles. The molecule has 0 aromatic heterocycles. The van der Waals surface area contributed by atoms with E-state index >= 15 is 0 Å². The van der Waals surface area contributed by atoms with E-state index in [0.29, 0.717) is 11.8 Å². The van der Waals surface area contributed by atoms with E-state index in [4.69, 9.17) is 0 Å². The van der Waals surface area contributed by atoms with Crippen LogP contribution in [-0.4, -0.2) is 6.88 Å². The molecule has 2 aliphatic carbocycles. The van der Waals surface area contributed by atoms with Crippen molar-refractivity contribution in [2.75, 3.05) is 0 Å². The largest absolute Gasteiger partial charge is 0.147 e. The van der Waals surface area contributed by atoms with Gasteiger partial charge >= 0.3 is 115 Å². The molecule has 0 fully saturated rings. The number of rotatable bonds is 2. The zero-order valence-corrected chi connectivity index (χ0v) is 19.0. The number of hydrogen-bond acceptors (Lipinski definition) is 0. The van der Waals surface area contributed by atoms with Gasteiger partial charge in [-0.25, -0.2) is 0 Å². The van der Waals surface area contributed by atoms with Crippen LogP contribution in [0.15, 0.2) is 42.0 Å². The van der Waals surface area contributed by atoms with E-state index in [1.54, 1.807) is 17.7 Å². The van der Waals surface area contributed by atoms with Crippen molar-refractivity contribution in [3.8, 4) is 0 Å². The molecule has 2 unspecified atom stereocenters. The molecule has 0 nitrogen and oxygen atoms in total. The molecule has 0 heterocycles. The monoisotopic (exact) mass is 408 g/mol. The molecule has 114 valence electrons. The van der Waals surface area contributed by atoms with Crippen molar-refractivity contribution >= 4 is 31.7 Å². The summed E-state index contributed by atoms with van der Waals surface area (Å²) in [5.74, 6) is 1.30. The molecular weight excluding hydrogens is 382 g/mol.